The van der Waals surface area contributed by atoms with E-state index in [-0.39, 0.29) is 12.2 Å². The highest BCUT2D eigenvalue weighted by Gasteiger charge is 2.53. The SMILES string of the molecule is C1=CC2=C(c3ccc4ccccc4c3)NC(c3ccc4c(c3)C3(c5ccccc5-4)c4ccccc4-c4c3cc3c5c(cccc45)-c4ccccc4-3)NC2C=C1. The molecule has 1 spiro atoms. The number of hydrogen-bond donors (Lipinski definition) is 2. The van der Waals surface area contributed by atoms with Gasteiger partial charge in [-0.2, -0.15) is 0 Å². The van der Waals surface area contributed by atoms with Crippen molar-refractivity contribution >= 4 is 27.2 Å². The Morgan fingerprint density at radius 3 is 2.05 bits per heavy atom. The predicted octanol–water partition coefficient (Wildman–Crippen LogP) is 12.1. The first-order valence-electron chi connectivity index (χ1n) is 19.4. The molecule has 3 atom stereocenters. The average Bonchev–Trinajstić information content (AvgIpc) is 3.85. The van der Waals surface area contributed by atoms with E-state index in [1.54, 1.807) is 0 Å². The lowest BCUT2D eigenvalue weighted by atomic mass is 9.69. The van der Waals surface area contributed by atoms with E-state index in [4.69, 9.17) is 0 Å². The highest BCUT2D eigenvalue weighted by Crippen LogP contribution is 2.65. The summed E-state index contributed by atoms with van der Waals surface area (Å²) in [7, 11) is 0. The van der Waals surface area contributed by atoms with Crippen molar-refractivity contribution in [1.29, 1.82) is 0 Å². The Hall–Kier alpha value is -6.74. The van der Waals surface area contributed by atoms with E-state index in [1.165, 1.54) is 111 Å². The molecule has 55 heavy (non-hydrogen) atoms. The molecule has 8 aromatic rings. The van der Waals surface area contributed by atoms with Gasteiger partial charge < -0.3 is 5.32 Å². The topological polar surface area (TPSA) is 24.1 Å². The average molecular weight is 699 g/mol. The van der Waals surface area contributed by atoms with Gasteiger partial charge in [0, 0.05) is 5.70 Å². The summed E-state index contributed by atoms with van der Waals surface area (Å²) in [5, 5.41) is 13.2. The van der Waals surface area contributed by atoms with Crippen LogP contribution in [0.25, 0.3) is 71.7 Å². The summed E-state index contributed by atoms with van der Waals surface area (Å²) in [6.07, 6.45) is 8.76. The zero-order valence-corrected chi connectivity index (χ0v) is 30.0. The quantitative estimate of drug-likeness (QED) is 0.188. The van der Waals surface area contributed by atoms with Crippen molar-refractivity contribution in [2.24, 2.45) is 0 Å². The first kappa shape index (κ1) is 29.7. The zero-order valence-electron chi connectivity index (χ0n) is 30.0. The molecule has 256 valence electrons. The molecule has 0 amide bonds. The maximum absolute atomic E-state index is 4.02. The molecule has 5 aliphatic rings. The van der Waals surface area contributed by atoms with Crippen molar-refractivity contribution in [1.82, 2.24) is 10.6 Å². The van der Waals surface area contributed by atoms with E-state index in [1.807, 2.05) is 0 Å². The maximum atomic E-state index is 4.02. The first-order valence-corrected chi connectivity index (χ1v) is 19.4. The Bertz CT molecular complexity index is 3120. The number of allylic oxidation sites excluding steroid dienone is 2. The fourth-order valence-corrected chi connectivity index (χ4v) is 10.8. The van der Waals surface area contributed by atoms with E-state index < -0.39 is 5.41 Å². The molecule has 0 aromatic heterocycles. The van der Waals surface area contributed by atoms with E-state index in [0.29, 0.717) is 0 Å². The predicted molar refractivity (Wildman–Crippen MR) is 227 cm³/mol. The normalized spacial score (nSPS) is 20.3. The third kappa shape index (κ3) is 3.77. The number of hydrogen-bond acceptors (Lipinski definition) is 2. The third-order valence-electron chi connectivity index (χ3n) is 13.1. The summed E-state index contributed by atoms with van der Waals surface area (Å²) in [4.78, 5) is 0. The van der Waals surface area contributed by atoms with Crippen LogP contribution in [0.15, 0.2) is 188 Å². The fraction of sp³-hybridized carbons (Fsp3) is 0.0566. The second-order valence-corrected chi connectivity index (χ2v) is 15.6. The minimum Gasteiger partial charge on any atom is -0.365 e. The van der Waals surface area contributed by atoms with Gasteiger partial charge in [-0.1, -0.05) is 170 Å². The first-order chi connectivity index (χ1) is 27.3. The Morgan fingerprint density at radius 2 is 1.18 bits per heavy atom. The van der Waals surface area contributed by atoms with Crippen molar-refractivity contribution < 1.29 is 0 Å². The highest BCUT2D eigenvalue weighted by atomic mass is 15.2. The van der Waals surface area contributed by atoms with E-state index in [9.17, 15) is 0 Å². The molecule has 0 bridgehead atoms. The molecule has 0 radical (unpaired) electrons. The molecule has 2 nitrogen and oxygen atoms in total. The molecule has 0 fully saturated rings. The summed E-state index contributed by atoms with van der Waals surface area (Å²) in [6, 6.07) is 59.6. The summed E-state index contributed by atoms with van der Waals surface area (Å²) in [6.45, 7) is 0. The Morgan fingerprint density at radius 1 is 0.473 bits per heavy atom. The van der Waals surface area contributed by atoms with Crippen molar-refractivity contribution in [3.63, 3.8) is 0 Å². The van der Waals surface area contributed by atoms with Gasteiger partial charge in [0.15, 0.2) is 0 Å². The van der Waals surface area contributed by atoms with Gasteiger partial charge in [0.2, 0.25) is 0 Å². The van der Waals surface area contributed by atoms with Crippen LogP contribution in [0.3, 0.4) is 0 Å². The lowest BCUT2D eigenvalue weighted by Gasteiger charge is -2.37. The van der Waals surface area contributed by atoms with Crippen molar-refractivity contribution in [2.45, 2.75) is 17.6 Å². The number of nitrogens with one attached hydrogen (secondary N) is 2. The van der Waals surface area contributed by atoms with E-state index in [2.05, 4.69) is 193 Å². The van der Waals surface area contributed by atoms with E-state index >= 15 is 0 Å². The summed E-state index contributed by atoms with van der Waals surface area (Å²) in [5.74, 6) is 0. The molecule has 2 N–H and O–H groups in total. The number of benzene rings is 8. The van der Waals surface area contributed by atoms with Crippen molar-refractivity contribution in [2.75, 3.05) is 0 Å². The molecule has 8 aromatic carbocycles. The minimum absolute atomic E-state index is 0.0925. The monoisotopic (exact) mass is 698 g/mol. The van der Waals surface area contributed by atoms with Crippen LogP contribution >= 0.6 is 0 Å². The van der Waals surface area contributed by atoms with Gasteiger partial charge in [0.1, 0.15) is 6.17 Å². The maximum Gasteiger partial charge on any atom is 0.104 e. The second-order valence-electron chi connectivity index (χ2n) is 15.6. The Labute approximate surface area is 319 Å². The van der Waals surface area contributed by atoms with Crippen LogP contribution in [-0.2, 0) is 5.41 Å². The van der Waals surface area contributed by atoms with Crippen LogP contribution in [0.1, 0.15) is 39.5 Å². The van der Waals surface area contributed by atoms with Crippen LogP contribution in [0.5, 0.6) is 0 Å². The van der Waals surface area contributed by atoms with Crippen molar-refractivity contribution in [3.05, 3.63) is 221 Å². The van der Waals surface area contributed by atoms with Crippen LogP contribution in [0.4, 0.5) is 0 Å². The second kappa shape index (κ2) is 10.7. The highest BCUT2D eigenvalue weighted by molar-refractivity contribution is 6.21. The van der Waals surface area contributed by atoms with Gasteiger partial charge in [-0.15, -0.1) is 0 Å². The van der Waals surface area contributed by atoms with Crippen LogP contribution < -0.4 is 10.6 Å². The molecule has 1 heterocycles. The van der Waals surface area contributed by atoms with Gasteiger partial charge in [0.05, 0.1) is 11.5 Å². The number of rotatable bonds is 2. The van der Waals surface area contributed by atoms with Crippen molar-refractivity contribution in [3.8, 4) is 44.5 Å². The fourth-order valence-electron chi connectivity index (χ4n) is 10.8. The zero-order chi connectivity index (χ0) is 35.8. The Balaban J connectivity index is 1.05. The van der Waals surface area contributed by atoms with Crippen LogP contribution in [0.2, 0.25) is 0 Å². The summed E-state index contributed by atoms with van der Waals surface area (Å²) in [5.41, 5.74) is 20.6. The molecule has 0 saturated heterocycles. The Kier molecular flexibility index (Phi) is 5.77. The molecular weight excluding hydrogens is 665 g/mol. The smallest absolute Gasteiger partial charge is 0.104 e. The molecule has 4 aliphatic carbocycles. The largest absolute Gasteiger partial charge is 0.365 e. The lowest BCUT2D eigenvalue weighted by Crippen LogP contribution is -2.46. The van der Waals surface area contributed by atoms with Crippen LogP contribution in [0, 0.1) is 0 Å². The van der Waals surface area contributed by atoms with Gasteiger partial charge >= 0.3 is 0 Å². The minimum atomic E-state index is -0.462. The van der Waals surface area contributed by atoms with Gasteiger partial charge in [-0.05, 0) is 117 Å². The third-order valence-corrected chi connectivity index (χ3v) is 13.1. The molecule has 3 unspecified atom stereocenters. The standard InChI is InChI=1S/C53H34N2/c1-2-13-32-28-33(25-24-31(32)12-1)51-41-18-7-10-23-48(41)54-52(55-51)34-26-27-38-37-16-5-8-21-44(37)53(46(38)29-34)45-22-9-6-17-40(45)50-42-20-11-19-39-35-14-3-4-15-36(35)43(49(39)42)30-47(50)53/h1-30,48,52,54-55H. The molecule has 13 rings (SSSR count). The molecule has 1 aliphatic heterocycles. The molecule has 2 heteroatoms. The van der Waals surface area contributed by atoms with E-state index in [0.717, 1.165) is 0 Å². The molecular formula is C53H34N2. The number of fused-ring (bicyclic) bond motifs is 16. The van der Waals surface area contributed by atoms with Crippen LogP contribution in [-0.4, -0.2) is 6.04 Å². The lowest BCUT2D eigenvalue weighted by molar-refractivity contribution is 0.459. The van der Waals surface area contributed by atoms with Gasteiger partial charge in [-0.25, -0.2) is 0 Å². The summed E-state index contributed by atoms with van der Waals surface area (Å²) >= 11 is 0. The van der Waals surface area contributed by atoms with Gasteiger partial charge in [-0.3, -0.25) is 5.32 Å². The van der Waals surface area contributed by atoms with Gasteiger partial charge in [0.25, 0.3) is 0 Å². The summed E-state index contributed by atoms with van der Waals surface area (Å²) < 4.78 is 0. The molecule has 0 saturated carbocycles.